The van der Waals surface area contributed by atoms with Gasteiger partial charge in [-0.3, -0.25) is 9.89 Å². The molecule has 1 fully saturated rings. The van der Waals surface area contributed by atoms with Crippen molar-refractivity contribution in [2.75, 3.05) is 13.1 Å². The van der Waals surface area contributed by atoms with E-state index in [2.05, 4.69) is 25.8 Å². The molecule has 1 aliphatic rings. The molecular formula is C15H20ClN5O. The zero-order valence-electron chi connectivity index (χ0n) is 12.4. The summed E-state index contributed by atoms with van der Waals surface area (Å²) >= 11 is 0. The van der Waals surface area contributed by atoms with Gasteiger partial charge < -0.3 is 10.6 Å². The number of aromatic amines is 1. The first-order valence-electron chi connectivity index (χ1n) is 7.23. The lowest BCUT2D eigenvalue weighted by Gasteiger charge is -2.23. The van der Waals surface area contributed by atoms with Crippen LogP contribution in [0.2, 0.25) is 0 Å². The molecule has 3 N–H and O–H groups in total. The van der Waals surface area contributed by atoms with Gasteiger partial charge in [-0.15, -0.1) is 12.4 Å². The Labute approximate surface area is 135 Å². The molecule has 0 unspecified atom stereocenters. The normalized spacial score (nSPS) is 17.6. The summed E-state index contributed by atoms with van der Waals surface area (Å²) in [6.07, 6.45) is 2.14. The lowest BCUT2D eigenvalue weighted by atomic mass is 10.1. The van der Waals surface area contributed by atoms with Gasteiger partial charge in [0, 0.05) is 23.7 Å². The van der Waals surface area contributed by atoms with Gasteiger partial charge in [-0.05, 0) is 38.4 Å². The Kier molecular flexibility index (Phi) is 5.51. The van der Waals surface area contributed by atoms with Crippen LogP contribution in [0.3, 0.4) is 0 Å². The Hall–Kier alpha value is -1.92. The molecule has 1 aromatic heterocycles. The van der Waals surface area contributed by atoms with E-state index in [1.54, 1.807) is 0 Å². The van der Waals surface area contributed by atoms with Gasteiger partial charge in [-0.2, -0.15) is 5.10 Å². The van der Waals surface area contributed by atoms with Crippen LogP contribution >= 0.6 is 12.4 Å². The summed E-state index contributed by atoms with van der Waals surface area (Å²) in [6, 6.07) is 7.59. The van der Waals surface area contributed by atoms with Crippen molar-refractivity contribution in [1.29, 1.82) is 0 Å². The molecule has 1 saturated heterocycles. The van der Waals surface area contributed by atoms with Crippen LogP contribution in [0.4, 0.5) is 0 Å². The van der Waals surface area contributed by atoms with E-state index in [1.807, 2.05) is 31.2 Å². The summed E-state index contributed by atoms with van der Waals surface area (Å²) in [7, 11) is 0. The van der Waals surface area contributed by atoms with Crippen molar-refractivity contribution in [2.24, 2.45) is 0 Å². The molecule has 2 aromatic rings. The van der Waals surface area contributed by atoms with Crippen LogP contribution in [0.25, 0.3) is 11.4 Å². The van der Waals surface area contributed by atoms with Crippen molar-refractivity contribution in [3.05, 3.63) is 35.7 Å². The Bertz CT molecular complexity index is 619. The van der Waals surface area contributed by atoms with E-state index >= 15 is 0 Å². The van der Waals surface area contributed by atoms with Crippen molar-refractivity contribution in [3.63, 3.8) is 0 Å². The third-order valence-corrected chi connectivity index (χ3v) is 3.63. The van der Waals surface area contributed by atoms with E-state index in [1.165, 1.54) is 0 Å². The van der Waals surface area contributed by atoms with Crippen molar-refractivity contribution in [3.8, 4) is 11.4 Å². The molecule has 1 aliphatic heterocycles. The summed E-state index contributed by atoms with van der Waals surface area (Å²) < 4.78 is 0. The summed E-state index contributed by atoms with van der Waals surface area (Å²) in [4.78, 5) is 16.5. The molecule has 1 atom stereocenters. The monoisotopic (exact) mass is 321 g/mol. The highest BCUT2D eigenvalue weighted by Crippen LogP contribution is 2.15. The summed E-state index contributed by atoms with van der Waals surface area (Å²) in [5.41, 5.74) is 1.56. The standard InChI is InChI=1S/C15H19N5O.ClH/c1-10-17-14(20-19-10)11-4-6-12(7-5-11)15(21)18-13-3-2-8-16-9-13;/h4-7,13,16H,2-3,8-9H2,1H3,(H,18,21)(H,17,19,20);1H/t13-;/m0./s1. The number of rotatable bonds is 3. The van der Waals surface area contributed by atoms with E-state index in [0.717, 1.165) is 37.3 Å². The maximum Gasteiger partial charge on any atom is 0.251 e. The lowest BCUT2D eigenvalue weighted by Crippen LogP contribution is -2.45. The van der Waals surface area contributed by atoms with Crippen LogP contribution in [0.5, 0.6) is 0 Å². The number of aromatic nitrogens is 3. The predicted molar refractivity (Wildman–Crippen MR) is 87.2 cm³/mol. The van der Waals surface area contributed by atoms with Crippen LogP contribution in [-0.4, -0.2) is 40.2 Å². The quantitative estimate of drug-likeness (QED) is 0.803. The minimum Gasteiger partial charge on any atom is -0.348 e. The Balaban J connectivity index is 0.00000176. The van der Waals surface area contributed by atoms with E-state index in [-0.39, 0.29) is 24.4 Å². The summed E-state index contributed by atoms with van der Waals surface area (Å²) in [5, 5.41) is 13.3. The largest absolute Gasteiger partial charge is 0.348 e. The van der Waals surface area contributed by atoms with Gasteiger partial charge in [0.05, 0.1) is 0 Å². The Morgan fingerprint density at radius 1 is 1.32 bits per heavy atom. The van der Waals surface area contributed by atoms with Crippen LogP contribution in [0.15, 0.2) is 24.3 Å². The number of amides is 1. The Morgan fingerprint density at radius 2 is 2.09 bits per heavy atom. The highest BCUT2D eigenvalue weighted by atomic mass is 35.5. The lowest BCUT2D eigenvalue weighted by molar-refractivity contribution is 0.0930. The number of benzene rings is 1. The molecule has 6 nitrogen and oxygen atoms in total. The maximum absolute atomic E-state index is 12.2. The number of hydrogen-bond donors (Lipinski definition) is 3. The number of carbonyl (C=O) groups excluding carboxylic acids is 1. The number of nitrogens with one attached hydrogen (secondary N) is 3. The zero-order valence-corrected chi connectivity index (χ0v) is 13.2. The smallest absolute Gasteiger partial charge is 0.251 e. The fourth-order valence-electron chi connectivity index (χ4n) is 2.49. The van der Waals surface area contributed by atoms with Gasteiger partial charge in [0.1, 0.15) is 5.82 Å². The molecule has 2 heterocycles. The van der Waals surface area contributed by atoms with Crippen molar-refractivity contribution in [1.82, 2.24) is 25.8 Å². The van der Waals surface area contributed by atoms with Gasteiger partial charge in [-0.1, -0.05) is 12.1 Å². The second kappa shape index (κ2) is 7.38. The zero-order chi connectivity index (χ0) is 14.7. The number of piperidine rings is 1. The Morgan fingerprint density at radius 3 is 2.68 bits per heavy atom. The van der Waals surface area contributed by atoms with E-state index in [9.17, 15) is 4.79 Å². The van der Waals surface area contributed by atoms with Crippen molar-refractivity contribution < 1.29 is 4.79 Å². The minimum absolute atomic E-state index is 0. The van der Waals surface area contributed by atoms with Gasteiger partial charge in [0.2, 0.25) is 0 Å². The van der Waals surface area contributed by atoms with Gasteiger partial charge in [0.25, 0.3) is 5.91 Å². The summed E-state index contributed by atoms with van der Waals surface area (Å²) in [6.45, 7) is 3.74. The van der Waals surface area contributed by atoms with Crippen molar-refractivity contribution >= 4 is 18.3 Å². The van der Waals surface area contributed by atoms with E-state index < -0.39 is 0 Å². The van der Waals surface area contributed by atoms with Crippen LogP contribution in [0, 0.1) is 6.92 Å². The fourth-order valence-corrected chi connectivity index (χ4v) is 2.49. The van der Waals surface area contributed by atoms with Gasteiger partial charge in [0.15, 0.2) is 5.82 Å². The first-order chi connectivity index (χ1) is 10.2. The molecule has 1 aromatic carbocycles. The number of nitrogens with zero attached hydrogens (tertiary/aromatic N) is 2. The van der Waals surface area contributed by atoms with Crippen LogP contribution in [-0.2, 0) is 0 Å². The number of aryl methyl sites for hydroxylation is 1. The molecule has 1 amide bonds. The molecule has 7 heteroatoms. The van der Waals surface area contributed by atoms with Gasteiger partial charge >= 0.3 is 0 Å². The molecule has 3 rings (SSSR count). The summed E-state index contributed by atoms with van der Waals surface area (Å²) in [5.74, 6) is 1.40. The highest BCUT2D eigenvalue weighted by molar-refractivity contribution is 5.94. The van der Waals surface area contributed by atoms with E-state index in [4.69, 9.17) is 0 Å². The second-order valence-corrected chi connectivity index (χ2v) is 5.34. The number of hydrogen-bond acceptors (Lipinski definition) is 4. The average molecular weight is 322 g/mol. The maximum atomic E-state index is 12.2. The topological polar surface area (TPSA) is 82.7 Å². The number of halogens is 1. The molecular weight excluding hydrogens is 302 g/mol. The number of carbonyl (C=O) groups is 1. The molecule has 0 radical (unpaired) electrons. The first kappa shape index (κ1) is 16.5. The van der Waals surface area contributed by atoms with Gasteiger partial charge in [-0.25, -0.2) is 4.98 Å². The fraction of sp³-hybridized carbons (Fsp3) is 0.400. The molecule has 0 spiro atoms. The predicted octanol–water partition coefficient (Wildman–Crippen LogP) is 1.68. The van der Waals surface area contributed by atoms with Crippen LogP contribution < -0.4 is 10.6 Å². The molecule has 0 saturated carbocycles. The third-order valence-electron chi connectivity index (χ3n) is 3.63. The average Bonchev–Trinajstić information content (AvgIpc) is 2.95. The third kappa shape index (κ3) is 3.84. The molecule has 22 heavy (non-hydrogen) atoms. The molecule has 0 aliphatic carbocycles. The first-order valence-corrected chi connectivity index (χ1v) is 7.23. The molecule has 118 valence electrons. The minimum atomic E-state index is -0.0265. The number of H-pyrrole nitrogens is 1. The molecule has 0 bridgehead atoms. The van der Waals surface area contributed by atoms with Crippen LogP contribution in [0.1, 0.15) is 29.0 Å². The second-order valence-electron chi connectivity index (χ2n) is 5.34. The highest BCUT2D eigenvalue weighted by Gasteiger charge is 2.16. The SMILES string of the molecule is Cc1nc(-c2ccc(C(=O)N[C@H]3CCCNC3)cc2)n[nH]1.Cl. The van der Waals surface area contributed by atoms with E-state index in [0.29, 0.717) is 11.4 Å². The van der Waals surface area contributed by atoms with Crippen molar-refractivity contribution in [2.45, 2.75) is 25.8 Å².